The third kappa shape index (κ3) is 4.51. The van der Waals surface area contributed by atoms with Crippen LogP contribution >= 0.6 is 23.2 Å². The minimum Gasteiger partial charge on any atom is -0.496 e. The maximum atomic E-state index is 12.2. The highest BCUT2D eigenvalue weighted by Crippen LogP contribution is 2.36. The van der Waals surface area contributed by atoms with E-state index in [0.717, 1.165) is 37.4 Å². The molecule has 1 fully saturated rings. The zero-order valence-electron chi connectivity index (χ0n) is 15.7. The van der Waals surface area contributed by atoms with Gasteiger partial charge in [-0.05, 0) is 37.1 Å². The molecular formula is C20H21Cl2N3O3. The molecule has 0 bridgehead atoms. The molecule has 1 N–H and O–H groups in total. The van der Waals surface area contributed by atoms with Gasteiger partial charge in [-0.1, -0.05) is 23.2 Å². The van der Waals surface area contributed by atoms with Crippen LogP contribution in [0.3, 0.4) is 0 Å². The second-order valence-electron chi connectivity index (χ2n) is 6.29. The van der Waals surface area contributed by atoms with Crippen molar-refractivity contribution in [2.75, 3.05) is 32.2 Å². The van der Waals surface area contributed by atoms with Gasteiger partial charge in [-0.25, -0.2) is 5.43 Å². The van der Waals surface area contributed by atoms with Gasteiger partial charge in [0.2, 0.25) is 0 Å². The predicted octanol–water partition coefficient (Wildman–Crippen LogP) is 4.37. The lowest BCUT2D eigenvalue weighted by Crippen LogP contribution is -2.19. The van der Waals surface area contributed by atoms with Gasteiger partial charge in [0, 0.05) is 30.3 Å². The van der Waals surface area contributed by atoms with Crippen molar-refractivity contribution in [2.45, 2.75) is 12.8 Å². The van der Waals surface area contributed by atoms with Crippen LogP contribution in [0, 0.1) is 0 Å². The maximum absolute atomic E-state index is 12.2. The van der Waals surface area contributed by atoms with Crippen molar-refractivity contribution in [3.63, 3.8) is 0 Å². The summed E-state index contributed by atoms with van der Waals surface area (Å²) in [5.74, 6) is 0.990. The second-order valence-corrected chi connectivity index (χ2v) is 7.10. The topological polar surface area (TPSA) is 63.2 Å². The number of methoxy groups -OCH3 is 2. The van der Waals surface area contributed by atoms with Crippen LogP contribution in [-0.2, 0) is 0 Å². The summed E-state index contributed by atoms with van der Waals surface area (Å²) in [7, 11) is 3.23. The summed E-state index contributed by atoms with van der Waals surface area (Å²) < 4.78 is 11.0. The fraction of sp³-hybridized carbons (Fsp3) is 0.300. The Labute approximate surface area is 174 Å². The molecule has 2 aromatic carbocycles. The highest BCUT2D eigenvalue weighted by Gasteiger charge is 2.19. The Morgan fingerprint density at radius 3 is 2.43 bits per heavy atom. The normalized spacial score (nSPS) is 13.8. The molecule has 0 unspecified atom stereocenters. The van der Waals surface area contributed by atoms with E-state index >= 15 is 0 Å². The van der Waals surface area contributed by atoms with Crippen molar-refractivity contribution in [1.29, 1.82) is 0 Å². The van der Waals surface area contributed by atoms with Gasteiger partial charge in [-0.15, -0.1) is 0 Å². The number of ether oxygens (including phenoxy) is 2. The van der Waals surface area contributed by atoms with Crippen LogP contribution in [-0.4, -0.2) is 39.4 Å². The summed E-state index contributed by atoms with van der Waals surface area (Å²) in [4.78, 5) is 14.5. The van der Waals surface area contributed by atoms with Gasteiger partial charge in [-0.2, -0.15) is 5.10 Å². The van der Waals surface area contributed by atoms with Crippen LogP contribution in [0.1, 0.15) is 28.8 Å². The average Bonchev–Trinajstić information content (AvgIpc) is 3.24. The Hall–Kier alpha value is -2.44. The number of carbonyl (C=O) groups excluding carboxylic acids is 1. The number of halogens is 2. The number of carbonyl (C=O) groups is 1. The summed E-state index contributed by atoms with van der Waals surface area (Å²) in [5, 5.41) is 4.72. The summed E-state index contributed by atoms with van der Waals surface area (Å²) in [6.07, 6.45) is 3.84. The van der Waals surface area contributed by atoms with Crippen molar-refractivity contribution in [1.82, 2.24) is 5.43 Å². The van der Waals surface area contributed by atoms with Gasteiger partial charge < -0.3 is 14.4 Å². The molecule has 0 atom stereocenters. The summed E-state index contributed by atoms with van der Waals surface area (Å²) in [6.45, 7) is 1.99. The van der Waals surface area contributed by atoms with E-state index in [1.54, 1.807) is 26.4 Å². The Kier molecular flexibility index (Phi) is 6.65. The highest BCUT2D eigenvalue weighted by molar-refractivity contribution is 6.42. The standard InChI is InChI=1S/C20H21Cl2N3O3/c1-27-18-11-17(25-7-3-4-8-25)19(28-2)10-14(18)12-23-24-20(26)13-5-6-15(21)16(22)9-13/h5-6,9-12H,3-4,7-8H2,1-2H3,(H,24,26)/b23-12-. The van der Waals surface area contributed by atoms with Gasteiger partial charge in [0.05, 0.1) is 36.2 Å². The molecule has 1 heterocycles. The van der Waals surface area contributed by atoms with Crippen LogP contribution in [0.15, 0.2) is 35.4 Å². The molecule has 1 aliphatic heterocycles. The monoisotopic (exact) mass is 421 g/mol. The van der Waals surface area contributed by atoms with E-state index in [4.69, 9.17) is 32.7 Å². The van der Waals surface area contributed by atoms with E-state index in [1.807, 2.05) is 12.1 Å². The number of amides is 1. The van der Waals surface area contributed by atoms with Gasteiger partial charge >= 0.3 is 0 Å². The molecule has 8 heteroatoms. The summed E-state index contributed by atoms with van der Waals surface area (Å²) >= 11 is 11.8. The molecule has 6 nitrogen and oxygen atoms in total. The molecule has 1 amide bonds. The van der Waals surface area contributed by atoms with Crippen LogP contribution in [0.4, 0.5) is 5.69 Å². The van der Waals surface area contributed by atoms with E-state index in [0.29, 0.717) is 26.9 Å². The van der Waals surface area contributed by atoms with Gasteiger partial charge in [0.25, 0.3) is 5.91 Å². The smallest absolute Gasteiger partial charge is 0.271 e. The Morgan fingerprint density at radius 1 is 1.07 bits per heavy atom. The molecular weight excluding hydrogens is 401 g/mol. The van der Waals surface area contributed by atoms with Crippen LogP contribution in [0.5, 0.6) is 11.5 Å². The quantitative estimate of drug-likeness (QED) is 0.555. The molecule has 1 aliphatic rings. The number of anilines is 1. The first-order valence-electron chi connectivity index (χ1n) is 8.83. The largest absolute Gasteiger partial charge is 0.496 e. The molecule has 0 spiro atoms. The first kappa shape index (κ1) is 20.3. The molecule has 2 aromatic rings. The lowest BCUT2D eigenvalue weighted by molar-refractivity contribution is 0.0955. The fourth-order valence-electron chi connectivity index (χ4n) is 3.07. The SMILES string of the molecule is COc1cc(N2CCCC2)c(OC)cc1/C=N\NC(=O)c1ccc(Cl)c(Cl)c1. The van der Waals surface area contributed by atoms with Crippen LogP contribution in [0.25, 0.3) is 0 Å². The lowest BCUT2D eigenvalue weighted by Gasteiger charge is -2.22. The van der Waals surface area contributed by atoms with E-state index in [1.165, 1.54) is 12.3 Å². The third-order valence-corrected chi connectivity index (χ3v) is 5.27. The average molecular weight is 422 g/mol. The minimum absolute atomic E-state index is 0.308. The molecule has 0 aliphatic carbocycles. The van der Waals surface area contributed by atoms with E-state index < -0.39 is 5.91 Å². The third-order valence-electron chi connectivity index (χ3n) is 4.53. The summed E-state index contributed by atoms with van der Waals surface area (Å²) in [5.41, 5.74) is 4.52. The van der Waals surface area contributed by atoms with E-state index in [9.17, 15) is 4.79 Å². The van der Waals surface area contributed by atoms with Crippen LogP contribution in [0.2, 0.25) is 10.0 Å². The molecule has 0 radical (unpaired) electrons. The van der Waals surface area contributed by atoms with Gasteiger partial charge in [0.15, 0.2) is 0 Å². The van der Waals surface area contributed by atoms with Gasteiger partial charge in [-0.3, -0.25) is 4.79 Å². The second kappa shape index (κ2) is 9.17. The lowest BCUT2D eigenvalue weighted by atomic mass is 10.1. The number of hydrogen-bond acceptors (Lipinski definition) is 5. The molecule has 3 rings (SSSR count). The number of hydrogen-bond donors (Lipinski definition) is 1. The molecule has 0 saturated carbocycles. The maximum Gasteiger partial charge on any atom is 0.271 e. The number of hydrazone groups is 1. The number of rotatable bonds is 6. The molecule has 28 heavy (non-hydrogen) atoms. The van der Waals surface area contributed by atoms with E-state index in [2.05, 4.69) is 15.4 Å². The van der Waals surface area contributed by atoms with Crippen LogP contribution < -0.4 is 19.8 Å². The Balaban J connectivity index is 1.78. The number of benzene rings is 2. The van der Waals surface area contributed by atoms with Crippen molar-refractivity contribution < 1.29 is 14.3 Å². The molecule has 148 valence electrons. The van der Waals surface area contributed by atoms with Crippen molar-refractivity contribution in [3.8, 4) is 11.5 Å². The fourth-order valence-corrected chi connectivity index (χ4v) is 3.37. The first-order valence-corrected chi connectivity index (χ1v) is 9.58. The van der Waals surface area contributed by atoms with Crippen molar-refractivity contribution >= 4 is 41.0 Å². The summed E-state index contributed by atoms with van der Waals surface area (Å²) in [6, 6.07) is 8.41. The molecule has 1 saturated heterocycles. The molecule has 0 aromatic heterocycles. The highest BCUT2D eigenvalue weighted by atomic mass is 35.5. The van der Waals surface area contributed by atoms with E-state index in [-0.39, 0.29) is 0 Å². The number of nitrogens with zero attached hydrogens (tertiary/aromatic N) is 2. The Bertz CT molecular complexity index is 897. The number of nitrogens with one attached hydrogen (secondary N) is 1. The predicted molar refractivity (Wildman–Crippen MR) is 113 cm³/mol. The first-order chi connectivity index (χ1) is 13.5. The van der Waals surface area contributed by atoms with Crippen molar-refractivity contribution in [2.24, 2.45) is 5.10 Å². The minimum atomic E-state index is -0.394. The van der Waals surface area contributed by atoms with Crippen molar-refractivity contribution in [3.05, 3.63) is 51.5 Å². The Morgan fingerprint density at radius 2 is 1.79 bits per heavy atom. The zero-order chi connectivity index (χ0) is 20.1. The zero-order valence-corrected chi connectivity index (χ0v) is 17.2. The van der Waals surface area contributed by atoms with Gasteiger partial charge in [0.1, 0.15) is 11.5 Å².